The van der Waals surface area contributed by atoms with Gasteiger partial charge in [-0.25, -0.2) is 0 Å². The summed E-state index contributed by atoms with van der Waals surface area (Å²) in [4.78, 5) is 2.60. The molecule has 1 aromatic carbocycles. The fourth-order valence-corrected chi connectivity index (χ4v) is 3.45. The zero-order valence-corrected chi connectivity index (χ0v) is 13.0. The number of nitrogens with zero attached hydrogens (tertiary/aromatic N) is 1. The molecule has 19 heavy (non-hydrogen) atoms. The Morgan fingerprint density at radius 2 is 2.21 bits per heavy atom. The molecule has 1 saturated heterocycles. The van der Waals surface area contributed by atoms with Crippen LogP contribution >= 0.6 is 24.0 Å². The van der Waals surface area contributed by atoms with Gasteiger partial charge in [-0.1, -0.05) is 24.6 Å². The molecule has 0 amide bonds. The molecule has 2 aliphatic rings. The lowest BCUT2D eigenvalue weighted by atomic mass is 9.88. The molecule has 1 N–H and O–H groups in total. The summed E-state index contributed by atoms with van der Waals surface area (Å²) in [6.07, 6.45) is 2.44. The summed E-state index contributed by atoms with van der Waals surface area (Å²) < 4.78 is 0. The lowest BCUT2D eigenvalue weighted by molar-refractivity contribution is 0.164. The second kappa shape index (κ2) is 6.01. The van der Waals surface area contributed by atoms with Crippen molar-refractivity contribution < 1.29 is 0 Å². The van der Waals surface area contributed by atoms with Gasteiger partial charge in [0, 0.05) is 31.2 Å². The van der Waals surface area contributed by atoms with E-state index in [0.29, 0.717) is 5.41 Å². The number of nitrogens with one attached hydrogen (secondary N) is 1. The quantitative estimate of drug-likeness (QED) is 0.903. The first-order valence-corrected chi connectivity index (χ1v) is 7.23. The molecule has 0 aliphatic carbocycles. The van der Waals surface area contributed by atoms with Crippen molar-refractivity contribution in [2.24, 2.45) is 5.41 Å². The lowest BCUT2D eigenvalue weighted by Crippen LogP contribution is -2.40. The number of fused-ring (bicyclic) bond motifs is 1. The summed E-state index contributed by atoms with van der Waals surface area (Å²) in [6.45, 7) is 8.21. The van der Waals surface area contributed by atoms with Crippen LogP contribution in [0.1, 0.15) is 24.5 Å². The minimum atomic E-state index is 0. The summed E-state index contributed by atoms with van der Waals surface area (Å²) in [5.74, 6) is 0. The third kappa shape index (κ3) is 3.43. The van der Waals surface area contributed by atoms with Crippen molar-refractivity contribution >= 4 is 24.0 Å². The van der Waals surface area contributed by atoms with Crippen molar-refractivity contribution in [3.63, 3.8) is 0 Å². The van der Waals surface area contributed by atoms with Gasteiger partial charge < -0.3 is 5.32 Å². The molecule has 0 radical (unpaired) electrons. The van der Waals surface area contributed by atoms with Crippen LogP contribution < -0.4 is 5.32 Å². The number of halogens is 2. The summed E-state index contributed by atoms with van der Waals surface area (Å²) in [5, 5.41) is 4.35. The highest BCUT2D eigenvalue weighted by Gasteiger charge is 2.31. The molecular formula is C15H22Cl2N2. The second-order valence-electron chi connectivity index (χ2n) is 6.11. The molecule has 2 heterocycles. The van der Waals surface area contributed by atoms with Gasteiger partial charge in [-0.3, -0.25) is 4.90 Å². The second-order valence-corrected chi connectivity index (χ2v) is 6.55. The molecule has 0 spiro atoms. The number of benzene rings is 1. The lowest BCUT2D eigenvalue weighted by Gasteiger charge is -2.35. The highest BCUT2D eigenvalue weighted by molar-refractivity contribution is 6.30. The van der Waals surface area contributed by atoms with Crippen molar-refractivity contribution in [1.82, 2.24) is 10.2 Å². The van der Waals surface area contributed by atoms with E-state index < -0.39 is 0 Å². The van der Waals surface area contributed by atoms with Crippen molar-refractivity contribution in [1.29, 1.82) is 0 Å². The van der Waals surface area contributed by atoms with Crippen molar-refractivity contribution in [2.45, 2.75) is 26.3 Å². The third-order valence-corrected chi connectivity index (χ3v) is 4.56. The Morgan fingerprint density at radius 3 is 2.95 bits per heavy atom. The van der Waals surface area contributed by atoms with Crippen LogP contribution in [0.4, 0.5) is 0 Å². The Balaban J connectivity index is 0.00000133. The average molecular weight is 301 g/mol. The Morgan fingerprint density at radius 1 is 1.37 bits per heavy atom. The highest BCUT2D eigenvalue weighted by Crippen LogP contribution is 2.29. The van der Waals surface area contributed by atoms with Crippen molar-refractivity contribution in [3.8, 4) is 0 Å². The molecule has 2 nitrogen and oxygen atoms in total. The largest absolute Gasteiger partial charge is 0.316 e. The summed E-state index contributed by atoms with van der Waals surface area (Å²) >= 11 is 6.05. The predicted octanol–water partition coefficient (Wildman–Crippen LogP) is 3.12. The van der Waals surface area contributed by atoms with E-state index in [9.17, 15) is 0 Å². The summed E-state index contributed by atoms with van der Waals surface area (Å²) in [5.41, 5.74) is 3.36. The fourth-order valence-electron chi connectivity index (χ4n) is 3.26. The van der Waals surface area contributed by atoms with Gasteiger partial charge in [-0.05, 0) is 48.1 Å². The van der Waals surface area contributed by atoms with Gasteiger partial charge in [0.25, 0.3) is 0 Å². The minimum absolute atomic E-state index is 0. The van der Waals surface area contributed by atoms with Gasteiger partial charge >= 0.3 is 0 Å². The third-order valence-electron chi connectivity index (χ3n) is 4.32. The number of hydrogen-bond acceptors (Lipinski definition) is 2. The SMILES string of the molecule is CC1(CN2CCc3cc(Cl)ccc3C2)CCNC1.Cl. The zero-order valence-electron chi connectivity index (χ0n) is 11.4. The van der Waals surface area contributed by atoms with Crippen molar-refractivity contribution in [2.75, 3.05) is 26.2 Å². The van der Waals surface area contributed by atoms with E-state index in [0.717, 1.165) is 24.5 Å². The molecule has 1 unspecified atom stereocenters. The molecule has 106 valence electrons. The smallest absolute Gasteiger partial charge is 0.0408 e. The van der Waals surface area contributed by atoms with Gasteiger partial charge in [0.05, 0.1) is 0 Å². The van der Waals surface area contributed by atoms with E-state index in [4.69, 9.17) is 11.6 Å². The molecule has 2 aliphatic heterocycles. The maximum atomic E-state index is 6.05. The molecule has 4 heteroatoms. The van der Waals surface area contributed by atoms with Gasteiger partial charge in [0.1, 0.15) is 0 Å². The van der Waals surface area contributed by atoms with Crippen molar-refractivity contribution in [3.05, 3.63) is 34.3 Å². The first-order chi connectivity index (χ1) is 8.65. The topological polar surface area (TPSA) is 15.3 Å². The van der Waals surface area contributed by atoms with Crippen LogP contribution in [-0.4, -0.2) is 31.1 Å². The van der Waals surface area contributed by atoms with Crippen LogP contribution in [0.2, 0.25) is 5.02 Å². The van der Waals surface area contributed by atoms with Crippen LogP contribution in [0.5, 0.6) is 0 Å². The van der Waals surface area contributed by atoms with E-state index in [1.54, 1.807) is 0 Å². The van der Waals surface area contributed by atoms with Gasteiger partial charge in [0.2, 0.25) is 0 Å². The van der Waals surface area contributed by atoms with Gasteiger partial charge in [-0.2, -0.15) is 0 Å². The van der Waals surface area contributed by atoms with Crippen LogP contribution in [-0.2, 0) is 13.0 Å². The van der Waals surface area contributed by atoms with Crippen LogP contribution in [0.3, 0.4) is 0 Å². The maximum Gasteiger partial charge on any atom is 0.0408 e. The zero-order chi connectivity index (χ0) is 12.6. The fraction of sp³-hybridized carbons (Fsp3) is 0.600. The molecule has 0 aromatic heterocycles. The summed E-state index contributed by atoms with van der Waals surface area (Å²) in [6, 6.07) is 6.34. The van der Waals surface area contributed by atoms with E-state index in [-0.39, 0.29) is 12.4 Å². The molecule has 1 atom stereocenters. The Labute approximate surface area is 126 Å². The van der Waals surface area contributed by atoms with E-state index in [1.165, 1.54) is 37.2 Å². The molecular weight excluding hydrogens is 279 g/mol. The Bertz CT molecular complexity index is 442. The number of rotatable bonds is 2. The van der Waals surface area contributed by atoms with E-state index in [1.807, 2.05) is 6.07 Å². The molecule has 0 saturated carbocycles. The standard InChI is InChI=1S/C15H21ClN2.ClH/c1-15(5-6-17-10-15)11-18-7-4-12-8-14(16)3-2-13(12)9-18;/h2-3,8,17H,4-7,9-11H2,1H3;1H. The minimum Gasteiger partial charge on any atom is -0.316 e. The summed E-state index contributed by atoms with van der Waals surface area (Å²) in [7, 11) is 0. The average Bonchev–Trinajstić information content (AvgIpc) is 2.76. The van der Waals surface area contributed by atoms with E-state index >= 15 is 0 Å². The van der Waals surface area contributed by atoms with Crippen LogP contribution in [0, 0.1) is 5.41 Å². The van der Waals surface area contributed by atoms with Gasteiger partial charge in [0.15, 0.2) is 0 Å². The Kier molecular flexibility index (Phi) is 4.78. The molecule has 3 rings (SSSR count). The Hall–Kier alpha value is -0.280. The predicted molar refractivity (Wildman–Crippen MR) is 83.3 cm³/mol. The van der Waals surface area contributed by atoms with Gasteiger partial charge in [-0.15, -0.1) is 12.4 Å². The van der Waals surface area contributed by atoms with Crippen LogP contribution in [0.15, 0.2) is 18.2 Å². The van der Waals surface area contributed by atoms with E-state index in [2.05, 4.69) is 29.3 Å². The monoisotopic (exact) mass is 300 g/mol. The number of hydrogen-bond donors (Lipinski definition) is 1. The van der Waals surface area contributed by atoms with Crippen LogP contribution in [0.25, 0.3) is 0 Å². The first kappa shape index (κ1) is 15.1. The molecule has 1 fully saturated rings. The normalized spacial score (nSPS) is 26.8. The first-order valence-electron chi connectivity index (χ1n) is 6.85. The maximum absolute atomic E-state index is 6.05. The highest BCUT2D eigenvalue weighted by atomic mass is 35.5. The molecule has 0 bridgehead atoms. The molecule has 1 aromatic rings.